The van der Waals surface area contributed by atoms with Crippen LogP contribution in [0.25, 0.3) is 0 Å². The summed E-state index contributed by atoms with van der Waals surface area (Å²) in [6.07, 6.45) is 0. The molecule has 0 fully saturated rings. The van der Waals surface area contributed by atoms with Crippen LogP contribution in [-0.4, -0.2) is 61.1 Å². The van der Waals surface area contributed by atoms with Crippen LogP contribution in [0.2, 0.25) is 0 Å². The van der Waals surface area contributed by atoms with E-state index in [1.165, 1.54) is 18.2 Å². The van der Waals surface area contributed by atoms with Crippen molar-refractivity contribution in [2.45, 2.75) is 4.90 Å². The summed E-state index contributed by atoms with van der Waals surface area (Å²) in [7, 11) is -2.99. The number of hydrogen-bond donors (Lipinski definition) is 2. The second-order valence-corrected chi connectivity index (χ2v) is 6.18. The molecule has 0 aliphatic heterocycles. The van der Waals surface area contributed by atoms with Gasteiger partial charge in [0.05, 0.1) is 11.1 Å². The van der Waals surface area contributed by atoms with Gasteiger partial charge in [-0.15, -0.1) is 0 Å². The molecule has 6 nitrogen and oxygen atoms in total. The SMILES string of the molecule is CNc1cccc2c1C(=O)c1cccc(S(=O)(=O)O)c1C2=O.[NaH]. The molecule has 0 spiro atoms. The van der Waals surface area contributed by atoms with Crippen molar-refractivity contribution in [1.82, 2.24) is 0 Å². The van der Waals surface area contributed by atoms with E-state index in [-0.39, 0.29) is 51.8 Å². The minimum atomic E-state index is -4.61. The fourth-order valence-corrected chi connectivity index (χ4v) is 3.34. The monoisotopic (exact) mass is 341 g/mol. The second kappa shape index (κ2) is 6.18. The third kappa shape index (κ3) is 2.75. The van der Waals surface area contributed by atoms with Crippen LogP contribution in [0.15, 0.2) is 41.3 Å². The Hall–Kier alpha value is -1.51. The summed E-state index contributed by atoms with van der Waals surface area (Å²) in [6.45, 7) is 0. The molecule has 3 rings (SSSR count). The molecule has 1 aliphatic carbocycles. The molecule has 2 N–H and O–H groups in total. The average molecular weight is 341 g/mol. The molecule has 0 aromatic heterocycles. The van der Waals surface area contributed by atoms with Gasteiger partial charge in [-0.2, -0.15) is 8.42 Å². The molecule has 8 heteroatoms. The van der Waals surface area contributed by atoms with Crippen LogP contribution in [-0.2, 0) is 10.1 Å². The number of benzene rings is 2. The quantitative estimate of drug-likeness (QED) is 0.535. The van der Waals surface area contributed by atoms with Crippen LogP contribution < -0.4 is 5.32 Å². The molecular formula is C15H12NNaO5S. The van der Waals surface area contributed by atoms with Gasteiger partial charge in [-0.1, -0.05) is 24.3 Å². The summed E-state index contributed by atoms with van der Waals surface area (Å²) in [4.78, 5) is 24.7. The van der Waals surface area contributed by atoms with Crippen LogP contribution in [0.3, 0.4) is 0 Å². The van der Waals surface area contributed by atoms with Gasteiger partial charge in [0.1, 0.15) is 4.90 Å². The normalized spacial score (nSPS) is 13.0. The molecule has 0 amide bonds. The van der Waals surface area contributed by atoms with Gasteiger partial charge < -0.3 is 5.32 Å². The standard InChI is InChI=1S/C15H11NO5S.Na.H/c1-16-10-6-2-4-8-12(10)14(17)9-5-3-7-11(22(19,20)21)13(9)15(8)18;;/h2-7,16H,1H3,(H,19,20,21);;. The fraction of sp³-hybridized carbons (Fsp3) is 0.0667. The predicted octanol–water partition coefficient (Wildman–Crippen LogP) is 1.10. The molecule has 0 saturated carbocycles. The van der Waals surface area contributed by atoms with Crippen LogP contribution in [0.5, 0.6) is 0 Å². The topological polar surface area (TPSA) is 101 Å². The summed E-state index contributed by atoms with van der Waals surface area (Å²) in [6, 6.07) is 8.50. The number of carbonyl (C=O) groups is 2. The van der Waals surface area contributed by atoms with Crippen molar-refractivity contribution in [2.24, 2.45) is 0 Å². The van der Waals surface area contributed by atoms with E-state index in [0.717, 1.165) is 6.07 Å². The van der Waals surface area contributed by atoms with E-state index in [9.17, 15) is 22.6 Å². The minimum absolute atomic E-state index is 0. The van der Waals surface area contributed by atoms with Gasteiger partial charge in [-0.25, -0.2) is 0 Å². The van der Waals surface area contributed by atoms with Crippen LogP contribution >= 0.6 is 0 Å². The van der Waals surface area contributed by atoms with Crippen molar-refractivity contribution in [3.8, 4) is 0 Å². The molecule has 0 atom stereocenters. The summed E-state index contributed by atoms with van der Waals surface area (Å²) in [5.74, 6) is -1.06. The Bertz CT molecular complexity index is 937. The Morgan fingerprint density at radius 3 is 2.00 bits per heavy atom. The van der Waals surface area contributed by atoms with Crippen molar-refractivity contribution in [3.63, 3.8) is 0 Å². The number of anilines is 1. The fourth-order valence-electron chi connectivity index (χ4n) is 2.63. The number of carbonyl (C=O) groups excluding carboxylic acids is 2. The van der Waals surface area contributed by atoms with Crippen LogP contribution in [0.1, 0.15) is 31.8 Å². The molecule has 0 radical (unpaired) electrons. The zero-order chi connectivity index (χ0) is 16.1. The molecular weight excluding hydrogens is 329 g/mol. The van der Waals surface area contributed by atoms with Crippen LogP contribution in [0, 0.1) is 0 Å². The number of fused-ring (bicyclic) bond motifs is 2. The first-order chi connectivity index (χ1) is 10.4. The Morgan fingerprint density at radius 1 is 0.913 bits per heavy atom. The van der Waals surface area contributed by atoms with Gasteiger partial charge in [0, 0.05) is 23.9 Å². The molecule has 2 aromatic carbocycles. The first-order valence-corrected chi connectivity index (χ1v) is 7.81. The van der Waals surface area contributed by atoms with Crippen molar-refractivity contribution < 1.29 is 22.6 Å². The number of ketones is 2. The second-order valence-electron chi connectivity index (χ2n) is 4.79. The van der Waals surface area contributed by atoms with E-state index in [0.29, 0.717) is 5.69 Å². The van der Waals surface area contributed by atoms with Crippen molar-refractivity contribution in [1.29, 1.82) is 0 Å². The molecule has 0 bridgehead atoms. The molecule has 1 aliphatic rings. The Kier molecular flexibility index (Phi) is 4.79. The number of rotatable bonds is 2. The summed E-state index contributed by atoms with van der Waals surface area (Å²) in [5, 5.41) is 2.84. The van der Waals surface area contributed by atoms with Crippen molar-refractivity contribution in [3.05, 3.63) is 58.7 Å². The van der Waals surface area contributed by atoms with Crippen molar-refractivity contribution in [2.75, 3.05) is 12.4 Å². The van der Waals surface area contributed by atoms with E-state index < -0.39 is 26.6 Å². The zero-order valence-electron chi connectivity index (χ0n) is 11.5. The van der Waals surface area contributed by atoms with E-state index in [2.05, 4.69) is 5.32 Å². The molecule has 23 heavy (non-hydrogen) atoms. The predicted molar refractivity (Wildman–Crippen MR) is 86.3 cm³/mol. The molecule has 0 heterocycles. The van der Waals surface area contributed by atoms with E-state index in [1.54, 1.807) is 19.2 Å². The molecule has 114 valence electrons. The Balaban J connectivity index is 0.00000192. The molecule has 0 saturated heterocycles. The summed E-state index contributed by atoms with van der Waals surface area (Å²) >= 11 is 0. The third-order valence-electron chi connectivity index (χ3n) is 3.58. The van der Waals surface area contributed by atoms with Crippen LogP contribution in [0.4, 0.5) is 5.69 Å². The Labute approximate surface area is 154 Å². The number of hydrogen-bond acceptors (Lipinski definition) is 5. The number of nitrogens with one attached hydrogen (secondary N) is 1. The van der Waals surface area contributed by atoms with Gasteiger partial charge in [0.2, 0.25) is 0 Å². The van der Waals surface area contributed by atoms with E-state index >= 15 is 0 Å². The van der Waals surface area contributed by atoms with E-state index in [1.807, 2.05) is 0 Å². The Morgan fingerprint density at radius 2 is 1.43 bits per heavy atom. The third-order valence-corrected chi connectivity index (χ3v) is 4.48. The van der Waals surface area contributed by atoms with Crippen molar-refractivity contribution >= 4 is 56.9 Å². The van der Waals surface area contributed by atoms with Gasteiger partial charge in [0.25, 0.3) is 10.1 Å². The summed E-state index contributed by atoms with van der Waals surface area (Å²) < 4.78 is 32.2. The zero-order valence-corrected chi connectivity index (χ0v) is 12.3. The first kappa shape index (κ1) is 17.8. The van der Waals surface area contributed by atoms with Gasteiger partial charge in [-0.3, -0.25) is 14.1 Å². The van der Waals surface area contributed by atoms with Gasteiger partial charge in [-0.05, 0) is 12.1 Å². The maximum absolute atomic E-state index is 12.6. The van der Waals surface area contributed by atoms with E-state index in [4.69, 9.17) is 0 Å². The van der Waals surface area contributed by atoms with Gasteiger partial charge in [0.15, 0.2) is 11.6 Å². The average Bonchev–Trinajstić information content (AvgIpc) is 2.50. The van der Waals surface area contributed by atoms with Gasteiger partial charge >= 0.3 is 29.6 Å². The molecule has 0 unspecified atom stereocenters. The first-order valence-electron chi connectivity index (χ1n) is 6.37. The maximum atomic E-state index is 12.6. The summed E-state index contributed by atoms with van der Waals surface area (Å²) in [5.41, 5.74) is 0.486. The molecule has 2 aromatic rings.